The highest BCUT2D eigenvalue weighted by Crippen LogP contribution is 2.18. The van der Waals surface area contributed by atoms with Crippen LogP contribution in [-0.4, -0.2) is 47.5 Å². The predicted octanol–water partition coefficient (Wildman–Crippen LogP) is 1.60. The van der Waals surface area contributed by atoms with E-state index in [1.165, 1.54) is 15.3 Å². The van der Waals surface area contributed by atoms with E-state index in [4.69, 9.17) is 0 Å². The molecular formula is C18H23N3O2S. The molecule has 0 aliphatic carbocycles. The van der Waals surface area contributed by atoms with Crippen molar-refractivity contribution in [3.63, 3.8) is 0 Å². The minimum atomic E-state index is -0.0874. The van der Waals surface area contributed by atoms with Gasteiger partial charge in [0.05, 0.1) is 0 Å². The maximum absolute atomic E-state index is 12.3. The van der Waals surface area contributed by atoms with Crippen LogP contribution in [0, 0.1) is 0 Å². The number of rotatable bonds is 4. The van der Waals surface area contributed by atoms with E-state index in [-0.39, 0.29) is 18.0 Å². The van der Waals surface area contributed by atoms with Gasteiger partial charge in [-0.1, -0.05) is 12.1 Å². The number of hydrogen-bond donors (Lipinski definition) is 0. The van der Waals surface area contributed by atoms with Crippen molar-refractivity contribution in [2.24, 2.45) is 0 Å². The van der Waals surface area contributed by atoms with E-state index in [1.54, 1.807) is 36.1 Å². The number of carbonyl (C=O) groups is 1. The maximum Gasteiger partial charge on any atom is 0.251 e. The molecule has 0 radical (unpaired) electrons. The fourth-order valence-electron chi connectivity index (χ4n) is 3.07. The molecule has 0 bridgehead atoms. The Kier molecular flexibility index (Phi) is 5.16. The van der Waals surface area contributed by atoms with E-state index in [0.29, 0.717) is 0 Å². The lowest BCUT2D eigenvalue weighted by atomic mass is 10.1. The Bertz CT molecular complexity index is 765. The molecule has 0 unspecified atom stereocenters. The third-order valence-corrected chi connectivity index (χ3v) is 5.36. The third kappa shape index (κ3) is 3.76. The first-order valence-electron chi connectivity index (χ1n) is 8.21. The maximum atomic E-state index is 12.3. The zero-order valence-corrected chi connectivity index (χ0v) is 15.0. The molecule has 6 heteroatoms. The number of pyridine rings is 1. The Hall–Kier alpha value is -1.92. The molecule has 0 N–H and O–H groups in total. The molecule has 1 aliphatic heterocycles. The summed E-state index contributed by atoms with van der Waals surface area (Å²) >= 11 is 1.78. The monoisotopic (exact) mass is 345 g/mol. The summed E-state index contributed by atoms with van der Waals surface area (Å²) in [5, 5.41) is 2.10. The highest BCUT2D eigenvalue weighted by atomic mass is 32.1. The molecule has 5 nitrogen and oxygen atoms in total. The molecule has 0 aromatic carbocycles. The average molecular weight is 345 g/mol. The molecule has 1 aliphatic rings. The molecule has 1 amide bonds. The number of carbonyl (C=O) groups excluding carboxylic acids is 1. The first-order chi connectivity index (χ1) is 11.5. The first kappa shape index (κ1) is 16.9. The van der Waals surface area contributed by atoms with Crippen molar-refractivity contribution >= 4 is 17.2 Å². The third-order valence-electron chi connectivity index (χ3n) is 4.50. The second-order valence-electron chi connectivity index (χ2n) is 6.37. The van der Waals surface area contributed by atoms with Gasteiger partial charge in [0.1, 0.15) is 6.54 Å². The van der Waals surface area contributed by atoms with Crippen LogP contribution in [-0.2, 0) is 30.7 Å². The van der Waals surface area contributed by atoms with Crippen molar-refractivity contribution in [3.8, 4) is 0 Å². The van der Waals surface area contributed by atoms with Gasteiger partial charge in [-0.15, -0.1) is 11.3 Å². The van der Waals surface area contributed by atoms with Gasteiger partial charge in [-0.25, -0.2) is 0 Å². The van der Waals surface area contributed by atoms with E-state index < -0.39 is 0 Å². The summed E-state index contributed by atoms with van der Waals surface area (Å²) in [6, 6.07) is 7.77. The van der Waals surface area contributed by atoms with Gasteiger partial charge >= 0.3 is 0 Å². The van der Waals surface area contributed by atoms with Crippen LogP contribution in [0.4, 0.5) is 0 Å². The Morgan fingerprint density at radius 2 is 2.00 bits per heavy atom. The van der Waals surface area contributed by atoms with Gasteiger partial charge in [-0.3, -0.25) is 14.5 Å². The Labute approximate surface area is 146 Å². The van der Waals surface area contributed by atoms with Gasteiger partial charge in [0.2, 0.25) is 5.91 Å². The van der Waals surface area contributed by atoms with Crippen molar-refractivity contribution in [1.82, 2.24) is 14.4 Å². The Morgan fingerprint density at radius 3 is 2.71 bits per heavy atom. The zero-order valence-electron chi connectivity index (χ0n) is 14.2. The number of hydrogen-bond acceptors (Lipinski definition) is 4. The van der Waals surface area contributed by atoms with Crippen molar-refractivity contribution in [1.29, 1.82) is 0 Å². The zero-order chi connectivity index (χ0) is 17.1. The second kappa shape index (κ2) is 7.32. The van der Waals surface area contributed by atoms with Crippen molar-refractivity contribution in [2.75, 3.05) is 27.2 Å². The Morgan fingerprint density at radius 1 is 1.21 bits per heavy atom. The summed E-state index contributed by atoms with van der Waals surface area (Å²) in [6.45, 7) is 2.96. The van der Waals surface area contributed by atoms with E-state index in [9.17, 15) is 9.59 Å². The number of thiophene rings is 1. The molecule has 3 rings (SSSR count). The van der Waals surface area contributed by atoms with Crippen molar-refractivity contribution < 1.29 is 4.79 Å². The first-order valence-corrected chi connectivity index (χ1v) is 9.09. The van der Waals surface area contributed by atoms with Gasteiger partial charge in [0.25, 0.3) is 5.56 Å². The summed E-state index contributed by atoms with van der Waals surface area (Å²) in [5.41, 5.74) is 2.12. The summed E-state index contributed by atoms with van der Waals surface area (Å²) in [7, 11) is 3.44. The van der Waals surface area contributed by atoms with Crippen LogP contribution in [0.1, 0.15) is 16.1 Å². The van der Waals surface area contributed by atoms with Crippen molar-refractivity contribution in [3.05, 3.63) is 56.1 Å². The van der Waals surface area contributed by atoms with Crippen LogP contribution in [0.15, 0.2) is 34.4 Å². The van der Waals surface area contributed by atoms with Crippen LogP contribution >= 0.6 is 11.3 Å². The lowest BCUT2D eigenvalue weighted by Gasteiger charge is -2.19. The largest absolute Gasteiger partial charge is 0.347 e. The minimum absolute atomic E-state index is 0.0508. The highest BCUT2D eigenvalue weighted by Gasteiger charge is 2.19. The lowest BCUT2D eigenvalue weighted by molar-refractivity contribution is -0.129. The van der Waals surface area contributed by atoms with Crippen LogP contribution in [0.2, 0.25) is 0 Å². The van der Waals surface area contributed by atoms with E-state index in [0.717, 1.165) is 38.2 Å². The quantitative estimate of drug-likeness (QED) is 0.846. The number of fused-ring (bicyclic) bond motifs is 1. The lowest BCUT2D eigenvalue weighted by Crippen LogP contribution is -2.33. The summed E-state index contributed by atoms with van der Waals surface area (Å²) in [4.78, 5) is 29.7. The van der Waals surface area contributed by atoms with E-state index >= 15 is 0 Å². The summed E-state index contributed by atoms with van der Waals surface area (Å²) in [6.07, 6.45) is 1.72. The minimum Gasteiger partial charge on any atom is -0.347 e. The van der Waals surface area contributed by atoms with E-state index in [1.807, 2.05) is 6.07 Å². The fraction of sp³-hybridized carbons (Fsp3) is 0.444. The van der Waals surface area contributed by atoms with Crippen LogP contribution in [0.3, 0.4) is 0 Å². The number of aromatic nitrogens is 1. The van der Waals surface area contributed by atoms with Crippen molar-refractivity contribution in [2.45, 2.75) is 25.9 Å². The molecule has 0 saturated carbocycles. The van der Waals surface area contributed by atoms with E-state index in [2.05, 4.69) is 22.4 Å². The van der Waals surface area contributed by atoms with Gasteiger partial charge in [-0.05, 0) is 23.4 Å². The van der Waals surface area contributed by atoms with Crippen LogP contribution < -0.4 is 5.56 Å². The average Bonchev–Trinajstić information content (AvgIpc) is 2.97. The molecule has 2 aromatic heterocycles. The fourth-order valence-corrected chi connectivity index (χ4v) is 3.82. The summed E-state index contributed by atoms with van der Waals surface area (Å²) in [5.74, 6) is -0.0508. The molecule has 3 heterocycles. The summed E-state index contributed by atoms with van der Waals surface area (Å²) < 4.78 is 1.66. The second-order valence-corrected chi connectivity index (χ2v) is 7.41. The predicted molar refractivity (Wildman–Crippen MR) is 96.4 cm³/mol. The topological polar surface area (TPSA) is 45.6 Å². The molecule has 0 fully saturated rings. The molecule has 128 valence electrons. The highest BCUT2D eigenvalue weighted by molar-refractivity contribution is 7.09. The standard InChI is InChI=1S/C18H23N3O2S/c1-19(2)18(23)13-21-16-8-10-20(12-15-4-3-11-24-15)9-7-14(16)5-6-17(21)22/h3-6,11H,7-10,12-13H2,1-2H3. The number of likely N-dealkylation sites (N-methyl/N-ethyl adjacent to an activating group) is 1. The van der Waals surface area contributed by atoms with Gasteiger partial charge in [0, 0.05) is 56.8 Å². The molecule has 0 spiro atoms. The molecular weight excluding hydrogens is 322 g/mol. The SMILES string of the molecule is CN(C)C(=O)Cn1c2c(ccc1=O)CCN(Cc1cccs1)CC2. The smallest absolute Gasteiger partial charge is 0.251 e. The van der Waals surface area contributed by atoms with Crippen LogP contribution in [0.5, 0.6) is 0 Å². The molecule has 0 saturated heterocycles. The van der Waals surface area contributed by atoms with Gasteiger partial charge < -0.3 is 9.47 Å². The number of amides is 1. The normalized spacial score (nSPS) is 14.9. The Balaban J connectivity index is 1.80. The van der Waals surface area contributed by atoms with Gasteiger partial charge in [0.15, 0.2) is 0 Å². The molecule has 2 aromatic rings. The molecule has 24 heavy (non-hydrogen) atoms. The van der Waals surface area contributed by atoms with Gasteiger partial charge in [-0.2, -0.15) is 0 Å². The molecule has 0 atom stereocenters. The number of nitrogens with zero attached hydrogens (tertiary/aromatic N) is 3. The van der Waals surface area contributed by atoms with Crippen LogP contribution in [0.25, 0.3) is 0 Å².